The highest BCUT2D eigenvalue weighted by molar-refractivity contribution is 9.10. The van der Waals surface area contributed by atoms with Gasteiger partial charge in [-0.1, -0.05) is 15.9 Å². The van der Waals surface area contributed by atoms with Crippen LogP contribution in [0.3, 0.4) is 0 Å². The molecule has 0 amide bonds. The van der Waals surface area contributed by atoms with Crippen molar-refractivity contribution in [2.45, 2.75) is 6.54 Å². The first-order valence-electron chi connectivity index (χ1n) is 5.66. The molecular formula is C13H16BrN3O. The van der Waals surface area contributed by atoms with E-state index in [4.69, 9.17) is 4.74 Å². The molecule has 2 rings (SSSR count). The van der Waals surface area contributed by atoms with Crippen LogP contribution in [0.1, 0.15) is 5.56 Å². The van der Waals surface area contributed by atoms with Gasteiger partial charge in [0.25, 0.3) is 0 Å². The number of nitrogens with zero attached hydrogens (tertiary/aromatic N) is 2. The summed E-state index contributed by atoms with van der Waals surface area (Å²) in [7, 11) is 5.52. The fourth-order valence-corrected chi connectivity index (χ4v) is 2.31. The Morgan fingerprint density at radius 3 is 2.89 bits per heavy atom. The lowest BCUT2D eigenvalue weighted by Crippen LogP contribution is -2.05. The average Bonchev–Trinajstić information content (AvgIpc) is 2.71. The van der Waals surface area contributed by atoms with Crippen LogP contribution < -0.4 is 10.1 Å². The summed E-state index contributed by atoms with van der Waals surface area (Å²) in [5, 5.41) is 7.68. The zero-order chi connectivity index (χ0) is 13.1. The average molecular weight is 310 g/mol. The van der Waals surface area contributed by atoms with Crippen LogP contribution in [0.15, 0.2) is 28.9 Å². The lowest BCUT2D eigenvalue weighted by molar-refractivity contribution is 0.416. The Bertz CT molecular complexity index is 551. The molecule has 0 unspecified atom stereocenters. The number of hydrogen-bond donors (Lipinski definition) is 1. The fourth-order valence-electron chi connectivity index (χ4n) is 1.95. The largest absolute Gasteiger partial charge is 0.496 e. The normalized spacial score (nSPS) is 10.7. The van der Waals surface area contributed by atoms with Crippen LogP contribution in [-0.2, 0) is 13.6 Å². The van der Waals surface area contributed by atoms with E-state index in [2.05, 4.69) is 26.3 Å². The van der Waals surface area contributed by atoms with Crippen molar-refractivity contribution < 1.29 is 4.74 Å². The van der Waals surface area contributed by atoms with Crippen LogP contribution in [0.2, 0.25) is 0 Å². The van der Waals surface area contributed by atoms with Crippen LogP contribution in [0.4, 0.5) is 0 Å². The quantitative estimate of drug-likeness (QED) is 0.943. The molecule has 0 saturated carbocycles. The molecule has 0 fully saturated rings. The highest BCUT2D eigenvalue weighted by Crippen LogP contribution is 2.33. The van der Waals surface area contributed by atoms with Crippen LogP contribution in [0.5, 0.6) is 5.75 Å². The predicted octanol–water partition coefficient (Wildman–Crippen LogP) is 2.58. The molecule has 0 radical (unpaired) electrons. The van der Waals surface area contributed by atoms with E-state index >= 15 is 0 Å². The van der Waals surface area contributed by atoms with E-state index < -0.39 is 0 Å². The molecule has 0 atom stereocenters. The highest BCUT2D eigenvalue weighted by Gasteiger charge is 2.14. The molecular weight excluding hydrogens is 294 g/mol. The lowest BCUT2D eigenvalue weighted by Gasteiger charge is -2.08. The Morgan fingerprint density at radius 2 is 2.22 bits per heavy atom. The second-order valence-corrected chi connectivity index (χ2v) is 4.97. The number of methoxy groups -OCH3 is 1. The second kappa shape index (κ2) is 5.54. The van der Waals surface area contributed by atoms with Gasteiger partial charge in [-0.3, -0.25) is 4.68 Å². The predicted molar refractivity (Wildman–Crippen MR) is 75.7 cm³/mol. The zero-order valence-corrected chi connectivity index (χ0v) is 12.3. The molecule has 5 heteroatoms. The summed E-state index contributed by atoms with van der Waals surface area (Å²) < 4.78 is 8.24. The second-order valence-electron chi connectivity index (χ2n) is 4.05. The topological polar surface area (TPSA) is 39.1 Å². The van der Waals surface area contributed by atoms with Crippen LogP contribution >= 0.6 is 15.9 Å². The van der Waals surface area contributed by atoms with E-state index in [9.17, 15) is 0 Å². The van der Waals surface area contributed by atoms with Crippen molar-refractivity contribution in [1.29, 1.82) is 0 Å². The maximum atomic E-state index is 5.41. The molecule has 1 aromatic carbocycles. The Kier molecular flexibility index (Phi) is 4.04. The van der Waals surface area contributed by atoms with Crippen molar-refractivity contribution in [3.8, 4) is 17.0 Å². The maximum Gasteiger partial charge on any atom is 0.128 e. The molecule has 0 saturated heterocycles. The van der Waals surface area contributed by atoms with Crippen molar-refractivity contribution in [3.05, 3.63) is 34.4 Å². The third-order valence-corrected chi connectivity index (χ3v) is 3.18. The Hall–Kier alpha value is -1.33. The number of benzene rings is 1. The summed E-state index contributed by atoms with van der Waals surface area (Å²) in [6, 6.07) is 5.93. The molecule has 18 heavy (non-hydrogen) atoms. The molecule has 0 bridgehead atoms. The summed E-state index contributed by atoms with van der Waals surface area (Å²) in [4.78, 5) is 0. The standard InChI is InChI=1S/C13H16BrN3O/c1-15-7-9-8-17(2)16-13(9)11-6-10(14)4-5-12(11)18-3/h4-6,8,15H,7H2,1-3H3. The summed E-state index contributed by atoms with van der Waals surface area (Å²) in [5.41, 5.74) is 3.10. The third-order valence-electron chi connectivity index (χ3n) is 2.69. The molecule has 1 N–H and O–H groups in total. The third kappa shape index (κ3) is 2.57. The van der Waals surface area contributed by atoms with Crippen LogP contribution in [0.25, 0.3) is 11.3 Å². The van der Waals surface area contributed by atoms with Gasteiger partial charge in [-0.15, -0.1) is 0 Å². The Morgan fingerprint density at radius 1 is 1.44 bits per heavy atom. The van der Waals surface area contributed by atoms with Gasteiger partial charge >= 0.3 is 0 Å². The number of halogens is 1. The van der Waals surface area contributed by atoms with Crippen molar-refractivity contribution >= 4 is 15.9 Å². The van der Waals surface area contributed by atoms with E-state index in [0.29, 0.717) is 0 Å². The maximum absolute atomic E-state index is 5.41. The smallest absolute Gasteiger partial charge is 0.128 e. The van der Waals surface area contributed by atoms with Gasteiger partial charge in [0.15, 0.2) is 0 Å². The minimum atomic E-state index is 0.777. The number of rotatable bonds is 4. The van der Waals surface area contributed by atoms with Crippen LogP contribution in [-0.4, -0.2) is 23.9 Å². The molecule has 2 aromatic rings. The fraction of sp³-hybridized carbons (Fsp3) is 0.308. The molecule has 96 valence electrons. The molecule has 0 aliphatic rings. The Balaban J connectivity index is 2.56. The minimum absolute atomic E-state index is 0.777. The molecule has 4 nitrogen and oxygen atoms in total. The monoisotopic (exact) mass is 309 g/mol. The number of aryl methyl sites for hydroxylation is 1. The van der Waals surface area contributed by atoms with E-state index in [1.807, 2.05) is 43.2 Å². The van der Waals surface area contributed by atoms with Crippen molar-refractivity contribution in [2.24, 2.45) is 7.05 Å². The SMILES string of the molecule is CNCc1cn(C)nc1-c1cc(Br)ccc1OC. The molecule has 0 aliphatic heterocycles. The van der Waals surface area contributed by atoms with Crippen molar-refractivity contribution in [2.75, 3.05) is 14.2 Å². The lowest BCUT2D eigenvalue weighted by atomic mass is 10.1. The van der Waals surface area contributed by atoms with E-state index in [1.165, 1.54) is 0 Å². The van der Waals surface area contributed by atoms with E-state index in [-0.39, 0.29) is 0 Å². The number of aromatic nitrogens is 2. The van der Waals surface area contributed by atoms with Gasteiger partial charge in [-0.2, -0.15) is 5.10 Å². The highest BCUT2D eigenvalue weighted by atomic mass is 79.9. The van der Waals surface area contributed by atoms with Gasteiger partial charge in [-0.25, -0.2) is 0 Å². The van der Waals surface area contributed by atoms with Crippen molar-refractivity contribution in [3.63, 3.8) is 0 Å². The van der Waals surface area contributed by atoms with E-state index in [1.54, 1.807) is 7.11 Å². The van der Waals surface area contributed by atoms with E-state index in [0.717, 1.165) is 33.6 Å². The van der Waals surface area contributed by atoms with Crippen molar-refractivity contribution in [1.82, 2.24) is 15.1 Å². The van der Waals surface area contributed by atoms with Crippen LogP contribution in [0, 0.1) is 0 Å². The van der Waals surface area contributed by atoms with Gasteiger partial charge in [0.1, 0.15) is 11.4 Å². The van der Waals surface area contributed by atoms with Gasteiger partial charge in [0.2, 0.25) is 0 Å². The first-order chi connectivity index (χ1) is 8.65. The van der Waals surface area contributed by atoms with Gasteiger partial charge in [0.05, 0.1) is 7.11 Å². The molecule has 0 aliphatic carbocycles. The van der Waals surface area contributed by atoms with Gasteiger partial charge in [0, 0.05) is 35.4 Å². The molecule has 0 spiro atoms. The minimum Gasteiger partial charge on any atom is -0.496 e. The zero-order valence-electron chi connectivity index (χ0n) is 10.7. The number of nitrogens with one attached hydrogen (secondary N) is 1. The summed E-state index contributed by atoms with van der Waals surface area (Å²) in [6.45, 7) is 0.777. The summed E-state index contributed by atoms with van der Waals surface area (Å²) in [6.07, 6.45) is 2.02. The molecule has 1 heterocycles. The molecule has 1 aromatic heterocycles. The van der Waals surface area contributed by atoms with Gasteiger partial charge < -0.3 is 10.1 Å². The number of hydrogen-bond acceptors (Lipinski definition) is 3. The van der Waals surface area contributed by atoms with Gasteiger partial charge in [-0.05, 0) is 25.2 Å². The first kappa shape index (κ1) is 13.1. The number of ether oxygens (including phenoxy) is 1. The Labute approximate surface area is 115 Å². The summed E-state index contributed by atoms with van der Waals surface area (Å²) in [5.74, 6) is 0.828. The summed E-state index contributed by atoms with van der Waals surface area (Å²) >= 11 is 3.49. The first-order valence-corrected chi connectivity index (χ1v) is 6.46.